The topological polar surface area (TPSA) is 112 Å². The number of nitrogens with zero attached hydrogens (tertiary/aromatic N) is 1. The highest BCUT2D eigenvalue weighted by Gasteiger charge is 2.27. The summed E-state index contributed by atoms with van der Waals surface area (Å²) in [5.41, 5.74) is 1.99. The molecular weight excluding hydrogens is 338 g/mol. The van der Waals surface area contributed by atoms with Crippen LogP contribution in [0, 0.1) is 0 Å². The minimum Gasteiger partial charge on any atom is -0.361 e. The SMILES string of the molecule is O=C(CC1CSC(S(=O)(=O)O)=N1)NCc1c[nH]c2ccccc12. The molecule has 1 atom stereocenters. The van der Waals surface area contributed by atoms with Crippen LogP contribution in [0.4, 0.5) is 0 Å². The van der Waals surface area contributed by atoms with Crippen molar-refractivity contribution in [2.75, 3.05) is 5.75 Å². The van der Waals surface area contributed by atoms with Gasteiger partial charge in [-0.15, -0.1) is 0 Å². The number of amides is 1. The second-order valence-corrected chi connectivity index (χ2v) is 7.78. The van der Waals surface area contributed by atoms with Gasteiger partial charge in [-0.25, -0.2) is 0 Å². The lowest BCUT2D eigenvalue weighted by Crippen LogP contribution is -2.26. The van der Waals surface area contributed by atoms with Crippen molar-refractivity contribution in [1.82, 2.24) is 10.3 Å². The van der Waals surface area contributed by atoms with Crippen LogP contribution in [0.15, 0.2) is 35.5 Å². The lowest BCUT2D eigenvalue weighted by molar-refractivity contribution is -0.121. The fraction of sp³-hybridized carbons (Fsp3) is 0.286. The fourth-order valence-corrected chi connectivity index (χ4v) is 4.23. The Morgan fingerprint density at radius 2 is 2.22 bits per heavy atom. The predicted molar refractivity (Wildman–Crippen MR) is 90.0 cm³/mol. The van der Waals surface area contributed by atoms with Gasteiger partial charge in [0.05, 0.1) is 6.04 Å². The van der Waals surface area contributed by atoms with Gasteiger partial charge in [0.2, 0.25) is 10.3 Å². The molecule has 3 N–H and O–H groups in total. The number of fused-ring (bicyclic) bond motifs is 1. The van der Waals surface area contributed by atoms with E-state index in [4.69, 9.17) is 4.55 Å². The van der Waals surface area contributed by atoms with E-state index < -0.39 is 16.2 Å². The molecule has 122 valence electrons. The average molecular weight is 353 g/mol. The van der Waals surface area contributed by atoms with E-state index in [0.29, 0.717) is 12.3 Å². The summed E-state index contributed by atoms with van der Waals surface area (Å²) in [6.45, 7) is 0.386. The van der Waals surface area contributed by atoms with Crippen LogP contribution in [0.5, 0.6) is 0 Å². The van der Waals surface area contributed by atoms with Crippen LogP contribution in [0.1, 0.15) is 12.0 Å². The van der Waals surface area contributed by atoms with E-state index in [-0.39, 0.29) is 16.7 Å². The Morgan fingerprint density at radius 3 is 2.96 bits per heavy atom. The largest absolute Gasteiger partial charge is 0.361 e. The Balaban J connectivity index is 1.57. The molecule has 9 heteroatoms. The van der Waals surface area contributed by atoms with Crippen molar-refractivity contribution in [2.24, 2.45) is 4.99 Å². The minimum atomic E-state index is -4.27. The molecule has 23 heavy (non-hydrogen) atoms. The Hall–Kier alpha value is -1.84. The maximum absolute atomic E-state index is 12.0. The Bertz CT molecular complexity index is 873. The molecule has 1 unspecified atom stereocenters. The first kappa shape index (κ1) is 16.0. The van der Waals surface area contributed by atoms with Gasteiger partial charge in [0.15, 0.2) is 0 Å². The number of thioether (sulfide) groups is 1. The molecule has 1 amide bonds. The normalized spacial score (nSPS) is 18.1. The van der Waals surface area contributed by atoms with Gasteiger partial charge in [0, 0.05) is 35.8 Å². The lowest BCUT2D eigenvalue weighted by Gasteiger charge is -2.07. The maximum Gasteiger partial charge on any atom is 0.318 e. The zero-order valence-electron chi connectivity index (χ0n) is 12.0. The molecule has 1 aromatic heterocycles. The number of aromatic nitrogens is 1. The zero-order chi connectivity index (χ0) is 16.4. The second kappa shape index (κ2) is 6.34. The van der Waals surface area contributed by atoms with Gasteiger partial charge in [-0.3, -0.25) is 14.3 Å². The average Bonchev–Trinajstić information content (AvgIpc) is 3.11. The van der Waals surface area contributed by atoms with Crippen molar-refractivity contribution in [1.29, 1.82) is 0 Å². The van der Waals surface area contributed by atoms with Crippen LogP contribution in [-0.2, 0) is 21.5 Å². The molecule has 1 aliphatic rings. The van der Waals surface area contributed by atoms with Crippen LogP contribution in [0.2, 0.25) is 0 Å². The first-order chi connectivity index (χ1) is 10.9. The van der Waals surface area contributed by atoms with Crippen LogP contribution in [0.3, 0.4) is 0 Å². The van der Waals surface area contributed by atoms with Gasteiger partial charge < -0.3 is 10.3 Å². The highest BCUT2D eigenvalue weighted by atomic mass is 32.3. The fourth-order valence-electron chi connectivity index (χ4n) is 2.39. The predicted octanol–water partition coefficient (Wildman–Crippen LogP) is 1.53. The molecule has 2 aromatic rings. The van der Waals surface area contributed by atoms with Gasteiger partial charge in [0.25, 0.3) is 0 Å². The Labute approximate surface area is 137 Å². The van der Waals surface area contributed by atoms with E-state index in [1.165, 1.54) is 0 Å². The number of H-pyrrole nitrogens is 1. The number of carbonyl (C=O) groups excluding carboxylic acids is 1. The summed E-state index contributed by atoms with van der Waals surface area (Å²) in [5, 5.41) is 3.86. The number of hydrogen-bond donors (Lipinski definition) is 3. The molecule has 0 spiro atoms. The van der Waals surface area contributed by atoms with Crippen LogP contribution < -0.4 is 5.32 Å². The summed E-state index contributed by atoms with van der Waals surface area (Å²) in [5.74, 6) is 0.163. The van der Waals surface area contributed by atoms with Crippen molar-refractivity contribution in [3.05, 3.63) is 36.0 Å². The first-order valence-electron chi connectivity index (χ1n) is 6.93. The number of benzene rings is 1. The number of carbonyl (C=O) groups is 1. The van der Waals surface area contributed by atoms with Gasteiger partial charge >= 0.3 is 10.1 Å². The summed E-state index contributed by atoms with van der Waals surface area (Å²) in [4.78, 5) is 19.0. The van der Waals surface area contributed by atoms with Crippen LogP contribution >= 0.6 is 11.8 Å². The second-order valence-electron chi connectivity index (χ2n) is 5.18. The maximum atomic E-state index is 12.0. The standard InChI is InChI=1S/C14H15N3O4S2/c18-13(5-10-8-22-14(17-10)23(19,20)21)16-7-9-6-15-12-4-2-1-3-11(9)12/h1-4,6,10,15H,5,7-8H2,(H,16,18)(H,19,20,21). The van der Waals surface area contributed by atoms with Gasteiger partial charge in [-0.2, -0.15) is 8.42 Å². The molecule has 0 radical (unpaired) electrons. The van der Waals surface area contributed by atoms with E-state index in [9.17, 15) is 13.2 Å². The summed E-state index contributed by atoms with van der Waals surface area (Å²) >= 11 is 0.944. The smallest absolute Gasteiger partial charge is 0.318 e. The van der Waals surface area contributed by atoms with E-state index in [0.717, 1.165) is 28.2 Å². The quantitative estimate of drug-likeness (QED) is 0.722. The molecule has 0 fully saturated rings. The zero-order valence-corrected chi connectivity index (χ0v) is 13.7. The highest BCUT2D eigenvalue weighted by Crippen LogP contribution is 2.23. The number of hydrogen-bond acceptors (Lipinski definition) is 5. The summed E-state index contributed by atoms with van der Waals surface area (Å²) < 4.78 is 30.5. The molecule has 1 aliphatic heterocycles. The van der Waals surface area contributed by atoms with E-state index in [2.05, 4.69) is 15.3 Å². The third kappa shape index (κ3) is 3.74. The molecule has 2 heterocycles. The van der Waals surface area contributed by atoms with Gasteiger partial charge in [-0.05, 0) is 11.6 Å². The molecule has 7 nitrogen and oxygen atoms in total. The monoisotopic (exact) mass is 353 g/mol. The first-order valence-corrected chi connectivity index (χ1v) is 9.36. The highest BCUT2D eigenvalue weighted by molar-refractivity contribution is 8.33. The van der Waals surface area contributed by atoms with Gasteiger partial charge in [-0.1, -0.05) is 30.0 Å². The molecule has 1 aromatic carbocycles. The Kier molecular flexibility index (Phi) is 4.42. The van der Waals surface area contributed by atoms with Crippen molar-refractivity contribution in [3.8, 4) is 0 Å². The number of aliphatic imine (C=N–C) groups is 1. The number of rotatable bonds is 4. The van der Waals surface area contributed by atoms with Crippen LogP contribution in [-0.4, -0.2) is 40.0 Å². The molecule has 0 aliphatic carbocycles. The van der Waals surface area contributed by atoms with E-state index >= 15 is 0 Å². The molecular formula is C14H15N3O4S2. The molecule has 0 saturated carbocycles. The summed E-state index contributed by atoms with van der Waals surface area (Å²) in [6.07, 6.45) is 1.94. The summed E-state index contributed by atoms with van der Waals surface area (Å²) in [6, 6.07) is 7.37. The number of aromatic amines is 1. The van der Waals surface area contributed by atoms with Crippen molar-refractivity contribution in [2.45, 2.75) is 19.0 Å². The summed E-state index contributed by atoms with van der Waals surface area (Å²) in [7, 11) is -4.27. The minimum absolute atomic E-state index is 0.0916. The Morgan fingerprint density at radius 1 is 1.43 bits per heavy atom. The third-order valence-electron chi connectivity index (χ3n) is 3.48. The van der Waals surface area contributed by atoms with Crippen LogP contribution in [0.25, 0.3) is 10.9 Å². The van der Waals surface area contributed by atoms with E-state index in [1.54, 1.807) is 0 Å². The number of para-hydroxylation sites is 1. The number of nitrogens with one attached hydrogen (secondary N) is 2. The van der Waals surface area contributed by atoms with E-state index in [1.807, 2.05) is 30.5 Å². The van der Waals surface area contributed by atoms with Crippen molar-refractivity contribution < 1.29 is 17.8 Å². The lowest BCUT2D eigenvalue weighted by atomic mass is 10.1. The molecule has 3 rings (SSSR count). The molecule has 0 saturated heterocycles. The third-order valence-corrected chi connectivity index (χ3v) is 5.92. The van der Waals surface area contributed by atoms with Gasteiger partial charge in [0.1, 0.15) is 0 Å². The van der Waals surface area contributed by atoms with Crippen molar-refractivity contribution in [3.63, 3.8) is 0 Å². The molecule has 0 bridgehead atoms. The van der Waals surface area contributed by atoms with Crippen molar-refractivity contribution >= 4 is 43.1 Å².